The Hall–Kier alpha value is -0.220. The van der Waals surface area contributed by atoms with Crippen molar-refractivity contribution >= 4 is 17.7 Å². The zero-order valence-electron chi connectivity index (χ0n) is 7.95. The molecule has 2 atom stereocenters. The summed E-state index contributed by atoms with van der Waals surface area (Å²) in [4.78, 5) is 13.8. The van der Waals surface area contributed by atoms with Crippen LogP contribution < -0.4 is 5.32 Å². The van der Waals surface area contributed by atoms with Crippen LogP contribution >= 0.6 is 11.8 Å². The molecule has 0 aromatic rings. The molecule has 0 bridgehead atoms. The summed E-state index contributed by atoms with van der Waals surface area (Å²) in [5.74, 6) is 2.66. The standard InChI is InChI=1S/C9H16N2OS/c1-2-8-9(12)11(6-10-8)7-3-4-13-5-7/h7-8,10H,2-6H2,1H3. The van der Waals surface area contributed by atoms with Crippen LogP contribution in [0.4, 0.5) is 0 Å². The van der Waals surface area contributed by atoms with Crippen LogP contribution in [0.1, 0.15) is 19.8 Å². The number of amides is 1. The highest BCUT2D eigenvalue weighted by Crippen LogP contribution is 2.24. The van der Waals surface area contributed by atoms with Gasteiger partial charge in [0.1, 0.15) is 0 Å². The Morgan fingerprint density at radius 1 is 1.69 bits per heavy atom. The van der Waals surface area contributed by atoms with Crippen molar-refractivity contribution in [1.29, 1.82) is 0 Å². The van der Waals surface area contributed by atoms with Crippen LogP contribution in [0.2, 0.25) is 0 Å². The van der Waals surface area contributed by atoms with Gasteiger partial charge in [0.15, 0.2) is 0 Å². The number of nitrogens with one attached hydrogen (secondary N) is 1. The van der Waals surface area contributed by atoms with Crippen LogP contribution in [0.5, 0.6) is 0 Å². The molecule has 0 aliphatic carbocycles. The topological polar surface area (TPSA) is 32.3 Å². The highest BCUT2D eigenvalue weighted by Gasteiger charge is 2.35. The van der Waals surface area contributed by atoms with E-state index in [4.69, 9.17) is 0 Å². The Labute approximate surface area is 83.2 Å². The molecule has 2 heterocycles. The quantitative estimate of drug-likeness (QED) is 0.710. The number of nitrogens with zero attached hydrogens (tertiary/aromatic N) is 1. The summed E-state index contributed by atoms with van der Waals surface area (Å²) in [6.07, 6.45) is 2.09. The minimum atomic E-state index is 0.0885. The number of thioether (sulfide) groups is 1. The molecule has 0 aromatic carbocycles. The smallest absolute Gasteiger partial charge is 0.241 e. The van der Waals surface area contributed by atoms with Crippen molar-refractivity contribution < 1.29 is 4.79 Å². The lowest BCUT2D eigenvalue weighted by Gasteiger charge is -2.22. The van der Waals surface area contributed by atoms with Gasteiger partial charge in [0.05, 0.1) is 12.7 Å². The maximum atomic E-state index is 11.8. The molecule has 2 aliphatic rings. The number of carbonyl (C=O) groups excluding carboxylic acids is 1. The maximum Gasteiger partial charge on any atom is 0.241 e. The minimum absolute atomic E-state index is 0.0885. The highest BCUT2D eigenvalue weighted by atomic mass is 32.2. The molecule has 2 saturated heterocycles. The van der Waals surface area contributed by atoms with Gasteiger partial charge in [-0.3, -0.25) is 10.1 Å². The number of hydrogen-bond acceptors (Lipinski definition) is 3. The van der Waals surface area contributed by atoms with Gasteiger partial charge in [-0.15, -0.1) is 0 Å². The van der Waals surface area contributed by atoms with Gasteiger partial charge >= 0.3 is 0 Å². The van der Waals surface area contributed by atoms with Crippen LogP contribution in [0.15, 0.2) is 0 Å². The summed E-state index contributed by atoms with van der Waals surface area (Å²) in [6, 6.07) is 0.590. The zero-order chi connectivity index (χ0) is 9.26. The molecule has 2 fully saturated rings. The Bertz CT molecular complexity index is 204. The molecule has 4 heteroatoms. The zero-order valence-corrected chi connectivity index (χ0v) is 8.77. The van der Waals surface area contributed by atoms with Gasteiger partial charge in [0, 0.05) is 11.8 Å². The van der Waals surface area contributed by atoms with Crippen LogP contribution in [0.25, 0.3) is 0 Å². The van der Waals surface area contributed by atoms with Gasteiger partial charge in [-0.25, -0.2) is 0 Å². The molecule has 0 saturated carbocycles. The molecular formula is C9H16N2OS. The average Bonchev–Trinajstić information content (AvgIpc) is 2.72. The van der Waals surface area contributed by atoms with E-state index < -0.39 is 0 Å². The van der Waals surface area contributed by atoms with E-state index in [0.29, 0.717) is 11.9 Å². The van der Waals surface area contributed by atoms with E-state index in [-0.39, 0.29) is 6.04 Å². The lowest BCUT2D eigenvalue weighted by molar-refractivity contribution is -0.130. The molecule has 1 amide bonds. The maximum absolute atomic E-state index is 11.8. The Morgan fingerprint density at radius 2 is 2.54 bits per heavy atom. The van der Waals surface area contributed by atoms with E-state index in [9.17, 15) is 4.79 Å². The van der Waals surface area contributed by atoms with Crippen molar-refractivity contribution in [2.24, 2.45) is 0 Å². The SMILES string of the molecule is CCC1NCN(C2CCSC2)C1=O. The summed E-state index contributed by atoms with van der Waals surface area (Å²) in [7, 11) is 0. The van der Waals surface area contributed by atoms with Gasteiger partial charge in [0.2, 0.25) is 5.91 Å². The van der Waals surface area contributed by atoms with Gasteiger partial charge < -0.3 is 4.90 Å². The van der Waals surface area contributed by atoms with E-state index in [0.717, 1.165) is 18.8 Å². The lowest BCUT2D eigenvalue weighted by atomic mass is 10.2. The third kappa shape index (κ3) is 1.70. The van der Waals surface area contributed by atoms with Crippen LogP contribution in [-0.4, -0.2) is 41.1 Å². The Morgan fingerprint density at radius 3 is 3.08 bits per heavy atom. The molecule has 2 rings (SSSR count). The Kier molecular flexibility index (Phi) is 2.79. The summed E-state index contributed by atoms with van der Waals surface area (Å²) in [5.41, 5.74) is 0. The van der Waals surface area contributed by atoms with Crippen molar-refractivity contribution in [3.8, 4) is 0 Å². The second kappa shape index (κ2) is 3.88. The molecule has 2 unspecified atom stereocenters. The number of carbonyl (C=O) groups is 1. The van der Waals surface area contributed by atoms with Crippen LogP contribution in [0.3, 0.4) is 0 Å². The van der Waals surface area contributed by atoms with Crippen molar-refractivity contribution in [3.05, 3.63) is 0 Å². The average molecular weight is 200 g/mol. The molecule has 74 valence electrons. The first-order valence-electron chi connectivity index (χ1n) is 4.94. The normalized spacial score (nSPS) is 34.5. The minimum Gasteiger partial charge on any atom is -0.325 e. The fourth-order valence-electron chi connectivity index (χ4n) is 1.97. The summed E-state index contributed by atoms with van der Waals surface area (Å²) in [5, 5.41) is 3.25. The van der Waals surface area contributed by atoms with Crippen molar-refractivity contribution in [1.82, 2.24) is 10.2 Å². The van der Waals surface area contributed by atoms with Gasteiger partial charge in [-0.1, -0.05) is 6.92 Å². The van der Waals surface area contributed by atoms with Crippen molar-refractivity contribution in [3.63, 3.8) is 0 Å². The van der Waals surface area contributed by atoms with Crippen molar-refractivity contribution in [2.45, 2.75) is 31.8 Å². The van der Waals surface area contributed by atoms with E-state index >= 15 is 0 Å². The third-order valence-electron chi connectivity index (χ3n) is 2.84. The largest absolute Gasteiger partial charge is 0.325 e. The predicted molar refractivity (Wildman–Crippen MR) is 54.7 cm³/mol. The van der Waals surface area contributed by atoms with E-state index in [1.165, 1.54) is 12.2 Å². The summed E-state index contributed by atoms with van der Waals surface area (Å²) in [6.45, 7) is 2.82. The Balaban J connectivity index is 1.97. The highest BCUT2D eigenvalue weighted by molar-refractivity contribution is 7.99. The lowest BCUT2D eigenvalue weighted by Crippen LogP contribution is -2.38. The third-order valence-corrected chi connectivity index (χ3v) is 3.99. The number of rotatable bonds is 2. The molecule has 0 aromatic heterocycles. The second-order valence-corrected chi connectivity index (χ2v) is 4.80. The van der Waals surface area contributed by atoms with Gasteiger partial charge in [-0.05, 0) is 18.6 Å². The first kappa shape index (κ1) is 9.34. The van der Waals surface area contributed by atoms with Crippen LogP contribution in [-0.2, 0) is 4.79 Å². The monoisotopic (exact) mass is 200 g/mol. The van der Waals surface area contributed by atoms with E-state index in [1.54, 1.807) is 0 Å². The van der Waals surface area contributed by atoms with E-state index in [2.05, 4.69) is 12.2 Å². The molecule has 1 N–H and O–H groups in total. The molecular weight excluding hydrogens is 184 g/mol. The second-order valence-electron chi connectivity index (χ2n) is 3.65. The summed E-state index contributed by atoms with van der Waals surface area (Å²) >= 11 is 1.96. The van der Waals surface area contributed by atoms with Crippen LogP contribution in [0, 0.1) is 0 Å². The molecule has 3 nitrogen and oxygen atoms in total. The molecule has 13 heavy (non-hydrogen) atoms. The first-order valence-corrected chi connectivity index (χ1v) is 6.10. The summed E-state index contributed by atoms with van der Waals surface area (Å²) < 4.78 is 0. The van der Waals surface area contributed by atoms with E-state index in [1.807, 2.05) is 16.7 Å². The predicted octanol–water partition coefficient (Wildman–Crippen LogP) is 0.660. The van der Waals surface area contributed by atoms with Gasteiger partial charge in [0.25, 0.3) is 0 Å². The molecule has 0 radical (unpaired) electrons. The number of hydrogen-bond donors (Lipinski definition) is 1. The molecule has 2 aliphatic heterocycles. The fraction of sp³-hybridized carbons (Fsp3) is 0.889. The fourth-order valence-corrected chi connectivity index (χ4v) is 3.19. The first-order chi connectivity index (χ1) is 6.33. The van der Waals surface area contributed by atoms with Crippen molar-refractivity contribution in [2.75, 3.05) is 18.2 Å². The molecule has 0 spiro atoms. The van der Waals surface area contributed by atoms with Gasteiger partial charge in [-0.2, -0.15) is 11.8 Å².